The number of hydrogen-bond donors (Lipinski definition) is 2. The summed E-state index contributed by atoms with van der Waals surface area (Å²) in [5.74, 6) is 6.31. The van der Waals surface area contributed by atoms with E-state index in [0.29, 0.717) is 17.3 Å². The molecule has 1 aliphatic rings. The van der Waals surface area contributed by atoms with Crippen molar-refractivity contribution in [2.75, 3.05) is 30.5 Å². The lowest BCUT2D eigenvalue weighted by Crippen LogP contribution is -2.39. The molecule has 106 valence electrons. The van der Waals surface area contributed by atoms with E-state index in [4.69, 9.17) is 10.6 Å². The van der Waals surface area contributed by atoms with Gasteiger partial charge in [-0.05, 0) is 18.3 Å². The van der Waals surface area contributed by atoms with Gasteiger partial charge in [-0.25, -0.2) is 5.84 Å². The molecule has 7 heteroatoms. The number of nitrogens with one attached hydrogen (secondary N) is 1. The summed E-state index contributed by atoms with van der Waals surface area (Å²) in [5, 5.41) is 0. The molecule has 2 heterocycles. The predicted molar refractivity (Wildman–Crippen MR) is 74.0 cm³/mol. The first-order chi connectivity index (χ1) is 9.10. The molecule has 1 aliphatic heterocycles. The number of aromatic nitrogens is 3. The Kier molecular flexibility index (Phi) is 4.04. The number of hydrogen-bond acceptors (Lipinski definition) is 7. The van der Waals surface area contributed by atoms with Gasteiger partial charge in [0.1, 0.15) is 0 Å². The lowest BCUT2D eigenvalue weighted by atomic mass is 9.78. The van der Waals surface area contributed by atoms with E-state index in [2.05, 4.69) is 39.1 Å². The van der Waals surface area contributed by atoms with Gasteiger partial charge in [-0.3, -0.25) is 5.43 Å². The van der Waals surface area contributed by atoms with Crippen LogP contribution in [0.1, 0.15) is 33.1 Å². The van der Waals surface area contributed by atoms with Crippen LogP contribution in [0.15, 0.2) is 0 Å². The van der Waals surface area contributed by atoms with E-state index in [-0.39, 0.29) is 6.01 Å². The fraction of sp³-hybridized carbons (Fsp3) is 0.750. The second-order valence-corrected chi connectivity index (χ2v) is 5.24. The minimum atomic E-state index is 0.279. The zero-order valence-corrected chi connectivity index (χ0v) is 11.8. The molecule has 7 nitrogen and oxygen atoms in total. The average molecular weight is 266 g/mol. The number of nitrogens with zero attached hydrogens (tertiary/aromatic N) is 4. The van der Waals surface area contributed by atoms with Crippen LogP contribution in [0.4, 0.5) is 11.9 Å². The summed E-state index contributed by atoms with van der Waals surface area (Å²) in [6.07, 6.45) is 3.49. The molecule has 1 aromatic rings. The maximum atomic E-state index is 5.36. The van der Waals surface area contributed by atoms with Crippen molar-refractivity contribution in [2.45, 2.75) is 33.1 Å². The van der Waals surface area contributed by atoms with Crippen LogP contribution in [-0.4, -0.2) is 35.2 Å². The molecule has 2 rings (SSSR count). The van der Waals surface area contributed by atoms with E-state index in [1.807, 2.05) is 0 Å². The second-order valence-electron chi connectivity index (χ2n) is 5.24. The second kappa shape index (κ2) is 5.56. The number of rotatable bonds is 4. The Morgan fingerprint density at radius 2 is 2.00 bits per heavy atom. The molecule has 1 saturated heterocycles. The van der Waals surface area contributed by atoms with Gasteiger partial charge in [0.15, 0.2) is 0 Å². The maximum absolute atomic E-state index is 5.36. The third kappa shape index (κ3) is 3.04. The zero-order valence-electron chi connectivity index (χ0n) is 11.8. The first-order valence-electron chi connectivity index (χ1n) is 6.62. The molecule has 0 radical (unpaired) electrons. The van der Waals surface area contributed by atoms with Crippen molar-refractivity contribution in [1.29, 1.82) is 0 Å². The van der Waals surface area contributed by atoms with Crippen molar-refractivity contribution in [3.63, 3.8) is 0 Å². The Hall–Kier alpha value is -1.63. The SMILES string of the molecule is CCC1(C)CCN(c2nc(NN)nc(OC)n2)CC1. The summed E-state index contributed by atoms with van der Waals surface area (Å²) < 4.78 is 5.07. The molecule has 19 heavy (non-hydrogen) atoms. The van der Waals surface area contributed by atoms with Gasteiger partial charge >= 0.3 is 6.01 Å². The summed E-state index contributed by atoms with van der Waals surface area (Å²) in [5.41, 5.74) is 2.87. The molecule has 0 spiro atoms. The number of anilines is 2. The molecule has 0 atom stereocenters. The molecule has 0 aromatic carbocycles. The predicted octanol–water partition coefficient (Wildman–Crippen LogP) is 1.18. The van der Waals surface area contributed by atoms with Crippen LogP contribution in [0.5, 0.6) is 6.01 Å². The lowest BCUT2D eigenvalue weighted by molar-refractivity contribution is 0.237. The average Bonchev–Trinajstić information content (AvgIpc) is 2.47. The Morgan fingerprint density at radius 3 is 2.53 bits per heavy atom. The molecule has 1 aromatic heterocycles. The van der Waals surface area contributed by atoms with Crippen LogP contribution >= 0.6 is 0 Å². The van der Waals surface area contributed by atoms with Crippen molar-refractivity contribution < 1.29 is 4.74 Å². The Bertz CT molecular complexity index is 408. The van der Waals surface area contributed by atoms with Crippen LogP contribution < -0.4 is 20.9 Å². The van der Waals surface area contributed by atoms with Gasteiger partial charge in [-0.1, -0.05) is 20.3 Å². The van der Waals surface area contributed by atoms with E-state index < -0.39 is 0 Å². The molecule has 0 amide bonds. The molecular weight excluding hydrogens is 244 g/mol. The highest BCUT2D eigenvalue weighted by molar-refractivity contribution is 5.38. The summed E-state index contributed by atoms with van der Waals surface area (Å²) in [7, 11) is 1.53. The number of nitrogen functional groups attached to an aromatic ring is 1. The minimum absolute atomic E-state index is 0.279. The highest BCUT2D eigenvalue weighted by Gasteiger charge is 2.29. The van der Waals surface area contributed by atoms with Gasteiger partial charge < -0.3 is 9.64 Å². The largest absolute Gasteiger partial charge is 0.467 e. The fourth-order valence-corrected chi connectivity index (χ4v) is 2.24. The van der Waals surface area contributed by atoms with Crippen molar-refractivity contribution in [2.24, 2.45) is 11.3 Å². The van der Waals surface area contributed by atoms with Gasteiger partial charge in [0, 0.05) is 13.1 Å². The van der Waals surface area contributed by atoms with Crippen molar-refractivity contribution >= 4 is 11.9 Å². The quantitative estimate of drug-likeness (QED) is 0.624. The van der Waals surface area contributed by atoms with Gasteiger partial charge in [0.25, 0.3) is 0 Å². The fourth-order valence-electron chi connectivity index (χ4n) is 2.24. The summed E-state index contributed by atoms with van der Waals surface area (Å²) in [6.45, 7) is 6.48. The number of nitrogens with two attached hydrogens (primary N) is 1. The van der Waals surface area contributed by atoms with Crippen LogP contribution in [0, 0.1) is 5.41 Å². The summed E-state index contributed by atoms with van der Waals surface area (Å²) in [6, 6.07) is 0.279. The first-order valence-corrected chi connectivity index (χ1v) is 6.62. The van der Waals surface area contributed by atoms with E-state index in [1.165, 1.54) is 13.5 Å². The Morgan fingerprint density at radius 1 is 1.32 bits per heavy atom. The van der Waals surface area contributed by atoms with Crippen molar-refractivity contribution in [3.05, 3.63) is 0 Å². The van der Waals surface area contributed by atoms with Crippen LogP contribution in [0.25, 0.3) is 0 Å². The number of ether oxygens (including phenoxy) is 1. The number of piperidine rings is 1. The molecule has 3 N–H and O–H groups in total. The van der Waals surface area contributed by atoms with Crippen LogP contribution in [-0.2, 0) is 0 Å². The van der Waals surface area contributed by atoms with E-state index in [9.17, 15) is 0 Å². The van der Waals surface area contributed by atoms with Crippen LogP contribution in [0.2, 0.25) is 0 Å². The highest BCUT2D eigenvalue weighted by Crippen LogP contribution is 2.35. The summed E-state index contributed by atoms with van der Waals surface area (Å²) in [4.78, 5) is 14.7. The third-order valence-electron chi connectivity index (χ3n) is 4.02. The molecular formula is C12H22N6O. The number of methoxy groups -OCH3 is 1. The van der Waals surface area contributed by atoms with Crippen molar-refractivity contribution in [3.8, 4) is 6.01 Å². The molecule has 0 saturated carbocycles. The standard InChI is InChI=1S/C12H22N6O/c1-4-12(2)5-7-18(8-6-12)10-14-9(17-13)15-11(16-10)19-3/h4-8,13H2,1-3H3,(H,14,15,16,17). The topological polar surface area (TPSA) is 89.2 Å². The number of hydrazine groups is 1. The minimum Gasteiger partial charge on any atom is -0.467 e. The van der Waals surface area contributed by atoms with E-state index in [1.54, 1.807) is 0 Å². The van der Waals surface area contributed by atoms with Gasteiger partial charge in [0.2, 0.25) is 11.9 Å². The van der Waals surface area contributed by atoms with Gasteiger partial charge in [-0.2, -0.15) is 15.0 Å². The highest BCUT2D eigenvalue weighted by atomic mass is 16.5. The smallest absolute Gasteiger partial charge is 0.322 e. The first kappa shape index (κ1) is 13.8. The van der Waals surface area contributed by atoms with E-state index in [0.717, 1.165) is 25.9 Å². The third-order valence-corrected chi connectivity index (χ3v) is 4.02. The molecule has 1 fully saturated rings. The van der Waals surface area contributed by atoms with Crippen molar-refractivity contribution in [1.82, 2.24) is 15.0 Å². The van der Waals surface area contributed by atoms with Gasteiger partial charge in [0.05, 0.1) is 7.11 Å². The maximum Gasteiger partial charge on any atom is 0.322 e. The lowest BCUT2D eigenvalue weighted by Gasteiger charge is -2.38. The van der Waals surface area contributed by atoms with E-state index >= 15 is 0 Å². The molecule has 0 unspecified atom stereocenters. The Labute approximate surface area is 113 Å². The molecule has 0 bridgehead atoms. The monoisotopic (exact) mass is 266 g/mol. The molecule has 0 aliphatic carbocycles. The zero-order chi connectivity index (χ0) is 13.9. The van der Waals surface area contributed by atoms with Crippen LogP contribution in [0.3, 0.4) is 0 Å². The Balaban J connectivity index is 2.14. The van der Waals surface area contributed by atoms with Gasteiger partial charge in [-0.15, -0.1) is 0 Å². The summed E-state index contributed by atoms with van der Waals surface area (Å²) >= 11 is 0. The normalized spacial score (nSPS) is 18.2.